The van der Waals surface area contributed by atoms with Crippen LogP contribution in [0.3, 0.4) is 0 Å². The van der Waals surface area contributed by atoms with Gasteiger partial charge in [-0.05, 0) is 43.4 Å². The molecule has 0 aromatic carbocycles. The summed E-state index contributed by atoms with van der Waals surface area (Å²) in [4.78, 5) is 28.1. The molecule has 5 nitrogen and oxygen atoms in total. The predicted molar refractivity (Wildman–Crippen MR) is 68.9 cm³/mol. The van der Waals surface area contributed by atoms with Crippen LogP contribution in [0.25, 0.3) is 0 Å². The highest BCUT2D eigenvalue weighted by atomic mass is 16.2. The maximum atomic E-state index is 12.2. The van der Waals surface area contributed by atoms with E-state index >= 15 is 0 Å². The summed E-state index contributed by atoms with van der Waals surface area (Å²) in [5.41, 5.74) is 0.192. The Morgan fingerprint density at radius 2 is 1.89 bits per heavy atom. The van der Waals surface area contributed by atoms with Crippen molar-refractivity contribution in [2.75, 3.05) is 0 Å². The average Bonchev–Trinajstić information content (AvgIpc) is 3.30. The molecule has 2 fully saturated rings. The normalized spacial score (nSPS) is 19.6. The highest BCUT2D eigenvalue weighted by Gasteiger charge is 2.57. The fraction of sp³-hybridized carbons (Fsp3) is 0.500. The van der Waals surface area contributed by atoms with Crippen molar-refractivity contribution in [3.63, 3.8) is 0 Å². The van der Waals surface area contributed by atoms with E-state index in [1.807, 2.05) is 12.1 Å². The first kappa shape index (κ1) is 12.1. The van der Waals surface area contributed by atoms with Gasteiger partial charge in [-0.3, -0.25) is 14.6 Å². The lowest BCUT2D eigenvalue weighted by Crippen LogP contribution is -2.43. The summed E-state index contributed by atoms with van der Waals surface area (Å²) in [7, 11) is 0. The molecule has 2 aliphatic rings. The van der Waals surface area contributed by atoms with Gasteiger partial charge in [0.05, 0.1) is 0 Å². The van der Waals surface area contributed by atoms with Crippen LogP contribution in [0.1, 0.15) is 31.2 Å². The maximum absolute atomic E-state index is 12.2. The van der Waals surface area contributed by atoms with Crippen molar-refractivity contribution in [1.29, 1.82) is 0 Å². The summed E-state index contributed by atoms with van der Waals surface area (Å²) < 4.78 is 0. The van der Waals surface area contributed by atoms with Crippen molar-refractivity contribution in [3.8, 4) is 0 Å². The number of aromatic nitrogens is 1. The van der Waals surface area contributed by atoms with E-state index < -0.39 is 5.41 Å². The van der Waals surface area contributed by atoms with Gasteiger partial charge in [-0.25, -0.2) is 0 Å². The fourth-order valence-electron chi connectivity index (χ4n) is 2.09. The average molecular weight is 259 g/mol. The molecule has 2 N–H and O–H groups in total. The summed E-state index contributed by atoms with van der Waals surface area (Å²) >= 11 is 0. The number of rotatable bonds is 5. The minimum Gasteiger partial charge on any atom is -0.352 e. The Hall–Kier alpha value is -1.91. The van der Waals surface area contributed by atoms with Gasteiger partial charge in [-0.2, -0.15) is 0 Å². The summed E-state index contributed by atoms with van der Waals surface area (Å²) in [5.74, 6) is -0.246. The second-order valence-corrected chi connectivity index (χ2v) is 5.37. The second-order valence-electron chi connectivity index (χ2n) is 5.37. The quantitative estimate of drug-likeness (QED) is 0.767. The molecule has 0 aliphatic heterocycles. The van der Waals surface area contributed by atoms with E-state index in [1.165, 1.54) is 0 Å². The molecule has 2 amide bonds. The first-order valence-electron chi connectivity index (χ1n) is 6.69. The first-order valence-corrected chi connectivity index (χ1v) is 6.69. The molecule has 1 heterocycles. The third-order valence-electron chi connectivity index (χ3n) is 3.73. The van der Waals surface area contributed by atoms with Crippen LogP contribution in [-0.4, -0.2) is 22.8 Å². The van der Waals surface area contributed by atoms with Crippen LogP contribution in [0.2, 0.25) is 0 Å². The first-order chi connectivity index (χ1) is 9.21. The number of carbonyl (C=O) groups is 2. The van der Waals surface area contributed by atoms with Crippen molar-refractivity contribution in [2.45, 2.75) is 38.3 Å². The fourth-order valence-corrected chi connectivity index (χ4v) is 2.09. The largest absolute Gasteiger partial charge is 0.352 e. The molecule has 1 aromatic heterocycles. The van der Waals surface area contributed by atoms with Crippen LogP contribution >= 0.6 is 0 Å². The van der Waals surface area contributed by atoms with Crippen LogP contribution in [-0.2, 0) is 16.1 Å². The van der Waals surface area contributed by atoms with E-state index in [1.54, 1.807) is 12.4 Å². The number of nitrogens with zero attached hydrogens (tertiary/aromatic N) is 1. The molecular weight excluding hydrogens is 242 g/mol. The molecule has 0 atom stereocenters. The Bertz CT molecular complexity index is 493. The molecule has 19 heavy (non-hydrogen) atoms. The molecule has 0 unspecified atom stereocenters. The topological polar surface area (TPSA) is 71.1 Å². The zero-order chi connectivity index (χ0) is 13.3. The smallest absolute Gasteiger partial charge is 0.235 e. The van der Waals surface area contributed by atoms with Crippen molar-refractivity contribution >= 4 is 11.8 Å². The van der Waals surface area contributed by atoms with E-state index in [0.717, 1.165) is 18.4 Å². The Morgan fingerprint density at radius 1 is 1.21 bits per heavy atom. The summed E-state index contributed by atoms with van der Waals surface area (Å²) in [6.45, 7) is 0.444. The van der Waals surface area contributed by atoms with Crippen molar-refractivity contribution in [3.05, 3.63) is 30.1 Å². The highest BCUT2D eigenvalue weighted by molar-refractivity contribution is 6.08. The third-order valence-corrected chi connectivity index (χ3v) is 3.73. The summed E-state index contributed by atoms with van der Waals surface area (Å²) in [6, 6.07) is 4.01. The van der Waals surface area contributed by atoms with E-state index in [4.69, 9.17) is 0 Å². The molecule has 2 saturated carbocycles. The van der Waals surface area contributed by atoms with Crippen LogP contribution in [0.4, 0.5) is 0 Å². The van der Waals surface area contributed by atoms with Gasteiger partial charge in [0.25, 0.3) is 0 Å². The van der Waals surface area contributed by atoms with E-state index in [2.05, 4.69) is 15.6 Å². The molecule has 1 aromatic rings. The maximum Gasteiger partial charge on any atom is 0.235 e. The molecule has 5 heteroatoms. The van der Waals surface area contributed by atoms with E-state index in [0.29, 0.717) is 25.4 Å². The predicted octanol–water partition coefficient (Wildman–Crippen LogP) is 0.757. The molecule has 0 radical (unpaired) electrons. The number of nitrogens with one attached hydrogen (secondary N) is 2. The number of carbonyl (C=O) groups excluding carboxylic acids is 2. The molecule has 100 valence electrons. The van der Waals surface area contributed by atoms with Gasteiger partial charge in [0.2, 0.25) is 11.8 Å². The Morgan fingerprint density at radius 3 is 2.47 bits per heavy atom. The number of pyridine rings is 1. The van der Waals surface area contributed by atoms with Crippen LogP contribution < -0.4 is 10.6 Å². The molecule has 0 spiro atoms. The molecule has 2 aliphatic carbocycles. The van der Waals surface area contributed by atoms with E-state index in [-0.39, 0.29) is 11.8 Å². The molecule has 0 bridgehead atoms. The van der Waals surface area contributed by atoms with Crippen LogP contribution in [0, 0.1) is 5.41 Å². The van der Waals surface area contributed by atoms with Crippen molar-refractivity contribution in [1.82, 2.24) is 15.6 Å². The highest BCUT2D eigenvalue weighted by Crippen LogP contribution is 2.46. The van der Waals surface area contributed by atoms with Crippen LogP contribution in [0.5, 0.6) is 0 Å². The van der Waals surface area contributed by atoms with Gasteiger partial charge >= 0.3 is 0 Å². The van der Waals surface area contributed by atoms with Gasteiger partial charge in [-0.15, -0.1) is 0 Å². The van der Waals surface area contributed by atoms with Gasteiger partial charge in [0, 0.05) is 25.0 Å². The Balaban J connectivity index is 1.56. The number of hydrogen-bond donors (Lipinski definition) is 2. The Kier molecular flexibility index (Phi) is 2.97. The van der Waals surface area contributed by atoms with Gasteiger partial charge in [0.15, 0.2) is 0 Å². The summed E-state index contributed by atoms with van der Waals surface area (Å²) in [6.07, 6.45) is 6.78. The minimum atomic E-state index is -0.796. The Labute approximate surface area is 111 Å². The van der Waals surface area contributed by atoms with Crippen molar-refractivity contribution in [2.24, 2.45) is 5.41 Å². The third kappa shape index (κ3) is 2.59. The zero-order valence-corrected chi connectivity index (χ0v) is 10.7. The lowest BCUT2D eigenvalue weighted by Gasteiger charge is -2.15. The van der Waals surface area contributed by atoms with E-state index in [9.17, 15) is 9.59 Å². The summed E-state index contributed by atoms with van der Waals surface area (Å²) in [5, 5.41) is 5.77. The minimum absolute atomic E-state index is 0.0952. The second kappa shape index (κ2) is 4.64. The molecular formula is C14H17N3O2. The van der Waals surface area contributed by atoms with Gasteiger partial charge in [-0.1, -0.05) is 0 Å². The van der Waals surface area contributed by atoms with Gasteiger partial charge < -0.3 is 10.6 Å². The monoisotopic (exact) mass is 259 g/mol. The molecule has 3 rings (SSSR count). The van der Waals surface area contributed by atoms with Crippen LogP contribution in [0.15, 0.2) is 24.5 Å². The SMILES string of the molecule is O=C(NCc1ccncc1)C1(C(=O)NC2CC2)CC1. The number of hydrogen-bond acceptors (Lipinski definition) is 3. The van der Waals surface area contributed by atoms with Gasteiger partial charge in [0.1, 0.15) is 5.41 Å². The molecule has 0 saturated heterocycles. The zero-order valence-electron chi connectivity index (χ0n) is 10.7. The number of amides is 2. The van der Waals surface area contributed by atoms with Crippen molar-refractivity contribution < 1.29 is 9.59 Å². The standard InChI is InChI=1S/C14H17N3O2/c18-12(16-9-10-3-7-15-8-4-10)14(5-6-14)13(19)17-11-1-2-11/h3-4,7-8,11H,1-2,5-6,9H2,(H,16,18)(H,17,19). The lowest BCUT2D eigenvalue weighted by molar-refractivity contribution is -0.137. The lowest BCUT2D eigenvalue weighted by atomic mass is 10.1.